The lowest BCUT2D eigenvalue weighted by Crippen LogP contribution is -2.19. The fraction of sp³-hybridized carbons (Fsp3) is 0.375. The Bertz CT molecular complexity index is 733. The van der Waals surface area contributed by atoms with Crippen LogP contribution in [0.4, 0.5) is 17.2 Å². The first kappa shape index (κ1) is 16.0. The van der Waals surface area contributed by atoms with Gasteiger partial charge in [0.25, 0.3) is 0 Å². The molecule has 1 aromatic carbocycles. The monoisotopic (exact) mass is 328 g/mol. The van der Waals surface area contributed by atoms with Crippen LogP contribution in [0, 0.1) is 5.92 Å². The zero-order valence-corrected chi connectivity index (χ0v) is 13.7. The molecule has 0 radical (unpaired) electrons. The van der Waals surface area contributed by atoms with Crippen LogP contribution in [0.5, 0.6) is 0 Å². The summed E-state index contributed by atoms with van der Waals surface area (Å²) >= 11 is 0. The summed E-state index contributed by atoms with van der Waals surface area (Å²) in [6.07, 6.45) is 3.40. The van der Waals surface area contributed by atoms with Crippen molar-refractivity contribution in [1.82, 2.24) is 15.0 Å². The Morgan fingerprint density at radius 2 is 1.92 bits per heavy atom. The number of nitrogens with zero attached hydrogens (tertiary/aromatic N) is 4. The Kier molecular flexibility index (Phi) is 4.45. The minimum Gasteiger partial charge on any atom is -0.378 e. The Hall–Kier alpha value is -2.90. The molecule has 2 aromatic rings. The number of hydrogen-bond acceptors (Lipinski definition) is 5. The van der Waals surface area contributed by atoms with Crippen molar-refractivity contribution in [1.29, 1.82) is 0 Å². The van der Waals surface area contributed by atoms with Crippen LogP contribution in [0.1, 0.15) is 12.8 Å². The molecule has 2 amide bonds. The number of anilines is 3. The molecule has 126 valence electrons. The highest BCUT2D eigenvalue weighted by atomic mass is 16.2. The van der Waals surface area contributed by atoms with Gasteiger partial charge in [-0.05, 0) is 37.1 Å². The molecule has 3 rings (SSSR count). The van der Waals surface area contributed by atoms with Crippen LogP contribution in [0.15, 0.2) is 30.5 Å². The smallest absolute Gasteiger partial charge is 0.246 e. The fourth-order valence-corrected chi connectivity index (χ4v) is 2.20. The van der Waals surface area contributed by atoms with Crippen LogP contribution < -0.4 is 15.5 Å². The first-order chi connectivity index (χ1) is 11.5. The topological polar surface area (TPSA) is 92.2 Å². The fourth-order valence-electron chi connectivity index (χ4n) is 2.20. The summed E-state index contributed by atoms with van der Waals surface area (Å²) in [6, 6.07) is 7.54. The first-order valence-electron chi connectivity index (χ1n) is 7.79. The molecule has 8 heteroatoms. The number of aromatic nitrogens is 3. The summed E-state index contributed by atoms with van der Waals surface area (Å²) in [6.45, 7) is 0.0295. The van der Waals surface area contributed by atoms with Crippen LogP contribution in [0.2, 0.25) is 0 Å². The molecular formula is C16H20N6O2. The van der Waals surface area contributed by atoms with Gasteiger partial charge < -0.3 is 15.5 Å². The van der Waals surface area contributed by atoms with Crippen LogP contribution >= 0.6 is 0 Å². The van der Waals surface area contributed by atoms with E-state index in [2.05, 4.69) is 20.9 Å². The summed E-state index contributed by atoms with van der Waals surface area (Å²) in [5.41, 5.74) is 1.77. The second kappa shape index (κ2) is 6.69. The SMILES string of the molecule is CN(C)c1ccc(NC(=O)Cn2cc(NC(=O)C3CC3)nn2)cc1. The molecule has 8 nitrogen and oxygen atoms in total. The van der Waals surface area contributed by atoms with Gasteiger partial charge in [-0.25, -0.2) is 4.68 Å². The van der Waals surface area contributed by atoms with Gasteiger partial charge in [0.05, 0.1) is 6.20 Å². The normalized spacial score (nSPS) is 13.4. The number of amides is 2. The molecule has 1 aliphatic carbocycles. The van der Waals surface area contributed by atoms with Crippen molar-refractivity contribution in [2.75, 3.05) is 29.6 Å². The number of carbonyl (C=O) groups is 2. The van der Waals surface area contributed by atoms with Gasteiger partial charge in [-0.15, -0.1) is 5.10 Å². The highest BCUT2D eigenvalue weighted by Crippen LogP contribution is 2.29. The molecule has 0 aliphatic heterocycles. The molecule has 0 spiro atoms. The average Bonchev–Trinajstić information content (AvgIpc) is 3.30. The summed E-state index contributed by atoms with van der Waals surface area (Å²) in [5, 5.41) is 13.2. The second-order valence-electron chi connectivity index (χ2n) is 6.05. The quantitative estimate of drug-likeness (QED) is 0.834. The van der Waals surface area contributed by atoms with Gasteiger partial charge in [0.15, 0.2) is 5.82 Å². The van der Waals surface area contributed by atoms with Crippen molar-refractivity contribution in [2.45, 2.75) is 19.4 Å². The highest BCUT2D eigenvalue weighted by Gasteiger charge is 2.30. The summed E-state index contributed by atoms with van der Waals surface area (Å²) in [7, 11) is 3.91. The van der Waals surface area contributed by atoms with Crippen molar-refractivity contribution in [2.24, 2.45) is 5.92 Å². The van der Waals surface area contributed by atoms with Crippen molar-refractivity contribution < 1.29 is 9.59 Å². The van der Waals surface area contributed by atoms with E-state index in [1.54, 1.807) is 6.20 Å². The Balaban J connectivity index is 1.52. The zero-order valence-electron chi connectivity index (χ0n) is 13.7. The van der Waals surface area contributed by atoms with E-state index in [0.717, 1.165) is 18.5 Å². The van der Waals surface area contributed by atoms with Gasteiger partial charge in [-0.3, -0.25) is 9.59 Å². The van der Waals surface area contributed by atoms with Crippen molar-refractivity contribution >= 4 is 29.0 Å². The molecule has 1 fully saturated rings. The standard InChI is InChI=1S/C16H20N6O2/c1-21(2)13-7-5-12(6-8-13)17-15(23)10-22-9-14(19-20-22)18-16(24)11-3-4-11/h5-9,11H,3-4,10H2,1-2H3,(H,17,23)(H,18,24). The van der Waals surface area contributed by atoms with E-state index < -0.39 is 0 Å². The summed E-state index contributed by atoms with van der Waals surface area (Å²) in [4.78, 5) is 25.7. The lowest BCUT2D eigenvalue weighted by molar-refractivity contribution is -0.117. The van der Waals surface area contributed by atoms with Gasteiger partial charge >= 0.3 is 0 Å². The third kappa shape index (κ3) is 4.09. The predicted molar refractivity (Wildman–Crippen MR) is 90.8 cm³/mol. The molecule has 0 atom stereocenters. The maximum atomic E-state index is 12.1. The maximum Gasteiger partial charge on any atom is 0.246 e. The zero-order chi connectivity index (χ0) is 17.1. The molecule has 24 heavy (non-hydrogen) atoms. The average molecular weight is 328 g/mol. The molecule has 1 aromatic heterocycles. The first-order valence-corrected chi connectivity index (χ1v) is 7.79. The Morgan fingerprint density at radius 1 is 1.21 bits per heavy atom. The van der Waals surface area contributed by atoms with Crippen molar-refractivity contribution in [3.63, 3.8) is 0 Å². The molecule has 0 unspecified atom stereocenters. The van der Waals surface area contributed by atoms with Crippen LogP contribution in [0.25, 0.3) is 0 Å². The van der Waals surface area contributed by atoms with Crippen molar-refractivity contribution in [3.8, 4) is 0 Å². The van der Waals surface area contributed by atoms with Crippen LogP contribution in [-0.2, 0) is 16.1 Å². The molecule has 1 saturated carbocycles. The summed E-state index contributed by atoms with van der Waals surface area (Å²) < 4.78 is 1.39. The van der Waals surface area contributed by atoms with E-state index in [-0.39, 0.29) is 24.3 Å². The lowest BCUT2D eigenvalue weighted by Gasteiger charge is -2.13. The third-order valence-corrected chi connectivity index (χ3v) is 3.71. The number of hydrogen-bond donors (Lipinski definition) is 2. The van der Waals surface area contributed by atoms with E-state index in [1.165, 1.54) is 4.68 Å². The molecule has 1 heterocycles. The molecule has 1 aliphatic rings. The minimum atomic E-state index is -0.211. The van der Waals surface area contributed by atoms with Crippen molar-refractivity contribution in [3.05, 3.63) is 30.5 Å². The number of carbonyl (C=O) groups excluding carboxylic acids is 2. The number of benzene rings is 1. The van der Waals surface area contributed by atoms with Gasteiger partial charge in [-0.2, -0.15) is 0 Å². The van der Waals surface area contributed by atoms with E-state index in [4.69, 9.17) is 0 Å². The van der Waals surface area contributed by atoms with E-state index in [1.807, 2.05) is 43.3 Å². The maximum absolute atomic E-state index is 12.1. The second-order valence-corrected chi connectivity index (χ2v) is 6.05. The number of rotatable bonds is 6. The van der Waals surface area contributed by atoms with E-state index >= 15 is 0 Å². The number of nitrogens with one attached hydrogen (secondary N) is 2. The Morgan fingerprint density at radius 3 is 2.54 bits per heavy atom. The van der Waals surface area contributed by atoms with E-state index in [9.17, 15) is 9.59 Å². The Labute approximate surface area is 139 Å². The molecule has 0 bridgehead atoms. The predicted octanol–water partition coefficient (Wildman–Crippen LogP) is 1.33. The molecule has 2 N–H and O–H groups in total. The van der Waals surface area contributed by atoms with Crippen LogP contribution in [0.3, 0.4) is 0 Å². The van der Waals surface area contributed by atoms with Gasteiger partial charge in [0, 0.05) is 31.4 Å². The van der Waals surface area contributed by atoms with Gasteiger partial charge in [0.1, 0.15) is 6.54 Å². The molecule has 0 saturated heterocycles. The highest BCUT2D eigenvalue weighted by molar-refractivity contribution is 5.93. The summed E-state index contributed by atoms with van der Waals surface area (Å²) in [5.74, 6) is 0.226. The molecular weight excluding hydrogens is 308 g/mol. The lowest BCUT2D eigenvalue weighted by atomic mass is 10.2. The van der Waals surface area contributed by atoms with Gasteiger partial charge in [-0.1, -0.05) is 5.21 Å². The van der Waals surface area contributed by atoms with Crippen LogP contribution in [-0.4, -0.2) is 40.9 Å². The minimum absolute atomic E-state index is 0.0295. The van der Waals surface area contributed by atoms with Gasteiger partial charge in [0.2, 0.25) is 11.8 Å². The van der Waals surface area contributed by atoms with E-state index in [0.29, 0.717) is 11.5 Å². The third-order valence-electron chi connectivity index (χ3n) is 3.71. The largest absolute Gasteiger partial charge is 0.378 e.